The number of benzene rings is 1. The summed E-state index contributed by atoms with van der Waals surface area (Å²) in [7, 11) is 1.39. The van der Waals surface area contributed by atoms with E-state index in [0.717, 1.165) is 5.56 Å². The molecule has 2 unspecified atom stereocenters. The van der Waals surface area contributed by atoms with Crippen LogP contribution in [-0.2, 0) is 4.79 Å². The fourth-order valence-electron chi connectivity index (χ4n) is 2.20. The van der Waals surface area contributed by atoms with Crippen LogP contribution in [0, 0.1) is 11.7 Å². The van der Waals surface area contributed by atoms with E-state index in [2.05, 4.69) is 5.32 Å². The standard InChI is InChI=1S/C12H14FNO3/c1-17-11-4-7(2-3-10(11)13)8-5-14-6-9(8)12(15)16/h2-4,8-9,14H,5-6H2,1H3,(H,15,16). The molecule has 0 bridgehead atoms. The Morgan fingerprint density at radius 3 is 2.94 bits per heavy atom. The number of aliphatic carboxylic acids is 1. The molecule has 0 amide bonds. The third-order valence-corrected chi connectivity index (χ3v) is 3.13. The Hall–Kier alpha value is -1.62. The van der Waals surface area contributed by atoms with Gasteiger partial charge >= 0.3 is 5.97 Å². The summed E-state index contributed by atoms with van der Waals surface area (Å²) in [6, 6.07) is 4.50. The molecule has 1 aromatic rings. The number of nitrogens with one attached hydrogen (secondary N) is 1. The van der Waals surface area contributed by atoms with E-state index < -0.39 is 17.7 Å². The summed E-state index contributed by atoms with van der Waals surface area (Å²) in [5, 5.41) is 12.1. The maximum atomic E-state index is 13.3. The average Bonchev–Trinajstić information content (AvgIpc) is 2.78. The predicted molar refractivity (Wildman–Crippen MR) is 59.7 cm³/mol. The van der Waals surface area contributed by atoms with Crippen LogP contribution in [0.2, 0.25) is 0 Å². The van der Waals surface area contributed by atoms with Gasteiger partial charge in [0.2, 0.25) is 0 Å². The molecule has 1 aliphatic heterocycles. The van der Waals surface area contributed by atoms with Crippen LogP contribution in [0.3, 0.4) is 0 Å². The highest BCUT2D eigenvalue weighted by Crippen LogP contribution is 2.31. The van der Waals surface area contributed by atoms with E-state index in [1.165, 1.54) is 13.2 Å². The van der Waals surface area contributed by atoms with Gasteiger partial charge in [0, 0.05) is 19.0 Å². The van der Waals surface area contributed by atoms with Gasteiger partial charge in [-0.15, -0.1) is 0 Å². The van der Waals surface area contributed by atoms with Gasteiger partial charge in [0.1, 0.15) is 0 Å². The van der Waals surface area contributed by atoms with E-state index in [1.54, 1.807) is 12.1 Å². The molecular formula is C12H14FNO3. The number of carboxylic acids is 1. The van der Waals surface area contributed by atoms with Gasteiger partial charge in [-0.05, 0) is 17.7 Å². The first kappa shape index (κ1) is 11.9. The molecule has 0 radical (unpaired) electrons. The maximum absolute atomic E-state index is 13.3. The van der Waals surface area contributed by atoms with Crippen LogP contribution in [0.4, 0.5) is 4.39 Å². The predicted octanol–water partition coefficient (Wildman–Crippen LogP) is 1.22. The molecule has 0 aromatic heterocycles. The lowest BCUT2D eigenvalue weighted by Gasteiger charge is -2.16. The van der Waals surface area contributed by atoms with Crippen molar-refractivity contribution in [2.45, 2.75) is 5.92 Å². The highest BCUT2D eigenvalue weighted by Gasteiger charge is 2.34. The number of halogens is 1. The summed E-state index contributed by atoms with van der Waals surface area (Å²) in [4.78, 5) is 11.1. The largest absolute Gasteiger partial charge is 0.494 e. The van der Waals surface area contributed by atoms with Crippen LogP contribution in [0.15, 0.2) is 18.2 Å². The molecule has 2 rings (SSSR count). The minimum Gasteiger partial charge on any atom is -0.494 e. The molecule has 17 heavy (non-hydrogen) atoms. The molecule has 92 valence electrons. The quantitative estimate of drug-likeness (QED) is 0.832. The van der Waals surface area contributed by atoms with E-state index in [4.69, 9.17) is 9.84 Å². The van der Waals surface area contributed by atoms with Crippen molar-refractivity contribution in [1.82, 2.24) is 5.32 Å². The summed E-state index contributed by atoms with van der Waals surface area (Å²) in [6.45, 7) is 1.03. The molecule has 0 aliphatic carbocycles. The van der Waals surface area contributed by atoms with Gasteiger partial charge in [-0.3, -0.25) is 4.79 Å². The molecular weight excluding hydrogens is 225 g/mol. The number of carboxylic acid groups (broad SMARTS) is 1. The number of hydrogen-bond acceptors (Lipinski definition) is 3. The number of ether oxygens (including phenoxy) is 1. The molecule has 1 saturated heterocycles. The lowest BCUT2D eigenvalue weighted by atomic mass is 9.89. The Labute approximate surface area is 98.4 Å². The highest BCUT2D eigenvalue weighted by atomic mass is 19.1. The third-order valence-electron chi connectivity index (χ3n) is 3.13. The molecule has 1 aliphatic rings. The summed E-state index contributed by atoms with van der Waals surface area (Å²) >= 11 is 0. The van der Waals surface area contributed by atoms with Crippen molar-refractivity contribution >= 4 is 5.97 Å². The normalized spacial score (nSPS) is 23.6. The Bertz CT molecular complexity index is 436. The molecule has 0 spiro atoms. The lowest BCUT2D eigenvalue weighted by molar-refractivity contribution is -0.141. The molecule has 0 saturated carbocycles. The Morgan fingerprint density at radius 1 is 1.53 bits per heavy atom. The number of methoxy groups -OCH3 is 1. The minimum absolute atomic E-state index is 0.137. The van der Waals surface area contributed by atoms with Gasteiger partial charge in [0.15, 0.2) is 11.6 Å². The molecule has 2 N–H and O–H groups in total. The van der Waals surface area contributed by atoms with Gasteiger partial charge in [-0.2, -0.15) is 0 Å². The van der Waals surface area contributed by atoms with Gasteiger partial charge in [0.05, 0.1) is 13.0 Å². The molecule has 2 atom stereocenters. The summed E-state index contributed by atoms with van der Waals surface area (Å²) in [6.07, 6.45) is 0. The third kappa shape index (κ3) is 2.24. The summed E-state index contributed by atoms with van der Waals surface area (Å²) < 4.78 is 18.2. The molecule has 1 aromatic carbocycles. The van der Waals surface area contributed by atoms with Crippen LogP contribution in [0.5, 0.6) is 5.75 Å². The second kappa shape index (κ2) is 4.71. The average molecular weight is 239 g/mol. The lowest BCUT2D eigenvalue weighted by Crippen LogP contribution is -2.21. The van der Waals surface area contributed by atoms with E-state index in [-0.39, 0.29) is 11.7 Å². The van der Waals surface area contributed by atoms with Crippen molar-refractivity contribution in [2.75, 3.05) is 20.2 Å². The second-order valence-electron chi connectivity index (χ2n) is 4.10. The first-order valence-corrected chi connectivity index (χ1v) is 5.40. The van der Waals surface area contributed by atoms with Crippen LogP contribution >= 0.6 is 0 Å². The van der Waals surface area contributed by atoms with E-state index in [0.29, 0.717) is 13.1 Å². The zero-order valence-corrected chi connectivity index (χ0v) is 9.44. The van der Waals surface area contributed by atoms with Crippen molar-refractivity contribution in [1.29, 1.82) is 0 Å². The zero-order chi connectivity index (χ0) is 12.4. The Morgan fingerprint density at radius 2 is 2.29 bits per heavy atom. The monoisotopic (exact) mass is 239 g/mol. The minimum atomic E-state index is -0.830. The van der Waals surface area contributed by atoms with Gasteiger partial charge < -0.3 is 15.2 Å². The first-order valence-electron chi connectivity index (χ1n) is 5.40. The van der Waals surface area contributed by atoms with Crippen molar-refractivity contribution in [3.05, 3.63) is 29.6 Å². The molecule has 1 fully saturated rings. The van der Waals surface area contributed by atoms with Gasteiger partial charge in [-0.1, -0.05) is 6.07 Å². The topological polar surface area (TPSA) is 58.6 Å². The Balaban J connectivity index is 2.30. The van der Waals surface area contributed by atoms with Crippen molar-refractivity contribution in [3.8, 4) is 5.75 Å². The van der Waals surface area contributed by atoms with E-state index >= 15 is 0 Å². The number of hydrogen-bond donors (Lipinski definition) is 2. The highest BCUT2D eigenvalue weighted by molar-refractivity contribution is 5.72. The maximum Gasteiger partial charge on any atom is 0.308 e. The van der Waals surface area contributed by atoms with Gasteiger partial charge in [-0.25, -0.2) is 4.39 Å². The fourth-order valence-corrected chi connectivity index (χ4v) is 2.20. The van der Waals surface area contributed by atoms with E-state index in [9.17, 15) is 9.18 Å². The second-order valence-corrected chi connectivity index (χ2v) is 4.10. The molecule has 5 heteroatoms. The molecule has 4 nitrogen and oxygen atoms in total. The summed E-state index contributed by atoms with van der Waals surface area (Å²) in [5.41, 5.74) is 0.792. The fraction of sp³-hybridized carbons (Fsp3) is 0.417. The van der Waals surface area contributed by atoms with Crippen molar-refractivity contribution < 1.29 is 19.0 Å². The zero-order valence-electron chi connectivity index (χ0n) is 9.44. The van der Waals surface area contributed by atoms with Crippen molar-refractivity contribution in [3.63, 3.8) is 0 Å². The van der Waals surface area contributed by atoms with Crippen LogP contribution in [-0.4, -0.2) is 31.3 Å². The smallest absolute Gasteiger partial charge is 0.308 e. The van der Waals surface area contributed by atoms with Gasteiger partial charge in [0.25, 0.3) is 0 Å². The van der Waals surface area contributed by atoms with Crippen molar-refractivity contribution in [2.24, 2.45) is 5.92 Å². The number of rotatable bonds is 3. The Kier molecular flexibility index (Phi) is 3.28. The van der Waals surface area contributed by atoms with Crippen LogP contribution < -0.4 is 10.1 Å². The number of carbonyl (C=O) groups is 1. The summed E-state index contributed by atoms with van der Waals surface area (Å²) in [5.74, 6) is -1.72. The first-order chi connectivity index (χ1) is 8.13. The SMILES string of the molecule is COc1cc(C2CNCC2C(=O)O)ccc1F. The van der Waals surface area contributed by atoms with E-state index in [1.807, 2.05) is 0 Å². The van der Waals surface area contributed by atoms with Crippen LogP contribution in [0.25, 0.3) is 0 Å². The molecule has 1 heterocycles. The van der Waals surface area contributed by atoms with Crippen LogP contribution in [0.1, 0.15) is 11.5 Å².